The maximum Gasteiger partial charge on any atom is 0.418 e. The van der Waals surface area contributed by atoms with E-state index in [1.807, 2.05) is 83.5 Å². The zero-order valence-electron chi connectivity index (χ0n) is 46.4. The maximum atomic E-state index is 14.1. The number of piperazine rings is 1. The number of carbonyl (C=O) groups is 4. The van der Waals surface area contributed by atoms with E-state index in [0.29, 0.717) is 54.2 Å². The second-order valence-corrected chi connectivity index (χ2v) is 20.3. The fraction of sp³-hybridized carbons (Fsp3) is 0.475. The lowest BCUT2D eigenvalue weighted by molar-refractivity contribution is -0.136. The van der Waals surface area contributed by atoms with E-state index in [2.05, 4.69) is 49.2 Å². The van der Waals surface area contributed by atoms with Crippen LogP contribution in [0.25, 0.3) is 11.2 Å². The molecule has 10 rings (SSSR count). The highest BCUT2D eigenvalue weighted by atomic mass is 19.4. The number of fused-ring (bicyclic) bond motifs is 2. The average Bonchev–Trinajstić information content (AvgIpc) is 4.11. The summed E-state index contributed by atoms with van der Waals surface area (Å²) in [6, 6.07) is 21.3. The van der Waals surface area contributed by atoms with Gasteiger partial charge in [-0.3, -0.25) is 23.5 Å². The minimum Gasteiger partial charge on any atom is -0.368 e. The summed E-state index contributed by atoms with van der Waals surface area (Å²) in [4.78, 5) is 69.6. The summed E-state index contributed by atoms with van der Waals surface area (Å²) >= 11 is 0. The first kappa shape index (κ1) is 60.3. The van der Waals surface area contributed by atoms with Gasteiger partial charge in [-0.05, 0) is 144 Å². The molecular formula is C59H78F3N11O5. The second kappa shape index (κ2) is 29.1. The summed E-state index contributed by atoms with van der Waals surface area (Å²) < 4.78 is 46.7. The summed E-state index contributed by atoms with van der Waals surface area (Å²) in [6.07, 6.45) is 11.3. The highest BCUT2D eigenvalue weighted by Crippen LogP contribution is 2.35. The smallest absolute Gasteiger partial charge is 0.368 e. The average molecular weight is 1080 g/mol. The molecule has 1 atom stereocenters. The number of nitrogens with one attached hydrogen (secondary N) is 1. The van der Waals surface area contributed by atoms with Crippen molar-refractivity contribution in [2.24, 2.45) is 13.0 Å². The number of aromatic nitrogens is 5. The molecule has 6 aromatic rings. The molecule has 78 heavy (non-hydrogen) atoms. The molecule has 3 aromatic heterocycles. The quantitative estimate of drug-likeness (QED) is 0.0984. The summed E-state index contributed by atoms with van der Waals surface area (Å²) in [7, 11) is 9.70. The minimum absolute atomic E-state index is 0.145. The molecule has 1 N–H and O–H groups in total. The topological polar surface area (TPSA) is 154 Å². The monoisotopic (exact) mass is 1080 g/mol. The lowest BCUT2D eigenvalue weighted by Gasteiger charge is -2.37. The van der Waals surface area contributed by atoms with Crippen molar-refractivity contribution in [3.8, 4) is 5.69 Å². The lowest BCUT2D eigenvalue weighted by atomic mass is 9.96. The third-order valence-electron chi connectivity index (χ3n) is 14.3. The van der Waals surface area contributed by atoms with Crippen molar-refractivity contribution in [2.45, 2.75) is 96.9 Å². The van der Waals surface area contributed by atoms with Crippen LogP contribution in [-0.2, 0) is 42.3 Å². The van der Waals surface area contributed by atoms with Gasteiger partial charge < -0.3 is 39.1 Å². The maximum absolute atomic E-state index is 14.1. The fourth-order valence-electron chi connectivity index (χ4n) is 9.88. The number of pyridine rings is 1. The van der Waals surface area contributed by atoms with Gasteiger partial charge in [-0.15, -0.1) is 10.2 Å². The molecule has 1 amide bonds. The Balaban J connectivity index is 0.000000221. The Kier molecular flexibility index (Phi) is 22.5. The number of aldehydes is 3. The number of rotatable bonds is 15. The van der Waals surface area contributed by atoms with Crippen LogP contribution in [0.2, 0.25) is 0 Å². The number of alkyl halides is 3. The predicted octanol–water partition coefficient (Wildman–Crippen LogP) is 8.35. The van der Waals surface area contributed by atoms with Gasteiger partial charge in [0.1, 0.15) is 31.0 Å². The van der Waals surface area contributed by atoms with Crippen molar-refractivity contribution < 1.29 is 32.3 Å². The molecule has 16 nitrogen and oxygen atoms in total. The molecule has 4 aliphatic rings. The molecular weight excluding hydrogens is 1000 g/mol. The molecule has 3 fully saturated rings. The Hall–Kier alpha value is -6.96. The lowest BCUT2D eigenvalue weighted by Crippen LogP contribution is -2.46. The molecule has 1 unspecified atom stereocenters. The number of piperidine rings is 1. The fourth-order valence-corrected chi connectivity index (χ4v) is 9.88. The van der Waals surface area contributed by atoms with E-state index in [0.717, 1.165) is 110 Å². The van der Waals surface area contributed by atoms with Crippen LogP contribution in [0, 0.1) is 5.92 Å². The Morgan fingerprint density at radius 1 is 0.795 bits per heavy atom. The third-order valence-corrected chi connectivity index (χ3v) is 14.3. The van der Waals surface area contributed by atoms with Crippen LogP contribution >= 0.6 is 0 Å². The van der Waals surface area contributed by atoms with Gasteiger partial charge in [-0.1, -0.05) is 51.7 Å². The standard InChI is InChI=1S/C27H32F3N7O.C24H25N3O4.C4H8.C2H7N.C2H6/c1-33(2)14-19-7-9-35(10-8-19)15-21-12-23(27(28,29)30)24-17-36(26(38)37(24)16-21)22-6-4-5-20(11-22)13-25-32-31-18-34(25)3;28-13-1-2-22(17-30)27-15-19-14-21(7-8-23(19)24(27)31)26-11-9-25(10-12-26)20-5-3-18(16-29)4-6-20;1-2-4-3-1;1-3-2;1-2/h4-6,11-12,16-19H,7-10,13-15H2,1-3H3;3-8,13-14,16-17,22H,1-2,9-12,15H2;1-4H2;3H,1-2H3;1-2H3. The highest BCUT2D eigenvalue weighted by molar-refractivity contribution is 6.00. The third kappa shape index (κ3) is 15.8. The number of anilines is 2. The van der Waals surface area contributed by atoms with E-state index >= 15 is 0 Å². The van der Waals surface area contributed by atoms with Crippen molar-refractivity contribution in [2.75, 3.05) is 83.8 Å². The van der Waals surface area contributed by atoms with Crippen LogP contribution in [0.5, 0.6) is 0 Å². The predicted molar refractivity (Wildman–Crippen MR) is 301 cm³/mol. The van der Waals surface area contributed by atoms with Gasteiger partial charge >= 0.3 is 11.9 Å². The van der Waals surface area contributed by atoms with Crippen molar-refractivity contribution in [3.63, 3.8) is 0 Å². The van der Waals surface area contributed by atoms with Gasteiger partial charge in [0.2, 0.25) is 0 Å². The Morgan fingerprint density at radius 2 is 1.44 bits per heavy atom. The number of hydrogen-bond acceptors (Lipinski definition) is 12. The van der Waals surface area contributed by atoms with Gasteiger partial charge in [0.15, 0.2) is 0 Å². The zero-order valence-corrected chi connectivity index (χ0v) is 46.4. The van der Waals surface area contributed by atoms with E-state index in [1.165, 1.54) is 42.5 Å². The Labute approximate surface area is 456 Å². The van der Waals surface area contributed by atoms with Gasteiger partial charge in [-0.2, -0.15) is 13.2 Å². The summed E-state index contributed by atoms with van der Waals surface area (Å²) in [5, 5.41) is 10.7. The minimum atomic E-state index is -4.59. The number of hydrogen-bond donors (Lipinski definition) is 1. The molecule has 0 radical (unpaired) electrons. The molecule has 0 bridgehead atoms. The SMILES string of the molecule is C1CCC1.CC.CN(C)CC1CCN(Cc2cc(C(F)(F)F)c3cn(-c4cccc(Cc5nncn5C)c4)c(=O)n3c2)CC1.CNC.O=CCCC(C=O)N1Cc2cc(N3CCN(c4ccc(C=O)cc4)CC3)ccc2C1=O. The van der Waals surface area contributed by atoms with Crippen LogP contribution in [-0.4, -0.2) is 143 Å². The van der Waals surface area contributed by atoms with Crippen LogP contribution in [0.15, 0.2) is 96.3 Å². The number of likely N-dealkylation sites (tertiary alicyclic amines) is 1. The van der Waals surface area contributed by atoms with Crippen molar-refractivity contribution >= 4 is 41.7 Å². The van der Waals surface area contributed by atoms with Crippen LogP contribution < -0.4 is 20.8 Å². The molecule has 3 aromatic carbocycles. The second-order valence-electron chi connectivity index (χ2n) is 20.3. The zero-order chi connectivity index (χ0) is 56.4. The van der Waals surface area contributed by atoms with Crippen molar-refractivity contribution in [1.29, 1.82) is 0 Å². The van der Waals surface area contributed by atoms with Crippen LogP contribution in [0.1, 0.15) is 114 Å². The molecule has 19 heteroatoms. The number of aryl methyl sites for hydroxylation is 1. The molecule has 420 valence electrons. The molecule has 3 aliphatic heterocycles. The largest absolute Gasteiger partial charge is 0.418 e. The van der Waals surface area contributed by atoms with E-state index in [9.17, 15) is 37.1 Å². The summed E-state index contributed by atoms with van der Waals surface area (Å²) in [5.41, 5.74) is 4.76. The van der Waals surface area contributed by atoms with Crippen molar-refractivity contribution in [1.82, 2.24) is 43.7 Å². The summed E-state index contributed by atoms with van der Waals surface area (Å²) in [5.74, 6) is 1.19. The van der Waals surface area contributed by atoms with E-state index < -0.39 is 23.5 Å². The number of amides is 1. The van der Waals surface area contributed by atoms with Gasteiger partial charge in [-0.25, -0.2) is 4.79 Å². The number of imidazole rings is 1. The van der Waals surface area contributed by atoms with Crippen LogP contribution in [0.4, 0.5) is 24.5 Å². The number of nitrogens with zero attached hydrogens (tertiary/aromatic N) is 10. The number of benzene rings is 3. The first-order valence-electron chi connectivity index (χ1n) is 27.2. The van der Waals surface area contributed by atoms with E-state index in [1.54, 1.807) is 40.2 Å². The van der Waals surface area contributed by atoms with Gasteiger partial charge in [0.25, 0.3) is 5.91 Å². The Bertz CT molecular complexity index is 2930. The van der Waals surface area contributed by atoms with Gasteiger partial charge in [0.05, 0.1) is 22.8 Å². The molecule has 6 heterocycles. The first-order chi connectivity index (χ1) is 37.6. The van der Waals surface area contributed by atoms with Crippen molar-refractivity contribution in [3.05, 3.63) is 141 Å². The molecule has 0 spiro atoms. The van der Waals surface area contributed by atoms with E-state index in [-0.39, 0.29) is 17.8 Å². The number of carbonyl (C=O) groups excluding carboxylic acids is 4. The van der Waals surface area contributed by atoms with E-state index in [4.69, 9.17) is 0 Å². The first-order valence-corrected chi connectivity index (χ1v) is 27.2. The molecule has 2 saturated heterocycles. The van der Waals surface area contributed by atoms with Gasteiger partial charge in [0, 0.05) is 101 Å². The molecule has 1 saturated carbocycles. The summed E-state index contributed by atoms with van der Waals surface area (Å²) in [6.45, 7) is 10.9. The highest BCUT2D eigenvalue weighted by Gasteiger charge is 2.36. The molecule has 1 aliphatic carbocycles. The Morgan fingerprint density at radius 3 is 2.00 bits per heavy atom. The van der Waals surface area contributed by atoms with Crippen LogP contribution in [0.3, 0.4) is 0 Å². The number of halogens is 3. The normalized spacial score (nSPS) is 15.8.